The molecule has 0 bridgehead atoms. The molecule has 21 heavy (non-hydrogen) atoms. The van der Waals surface area contributed by atoms with Crippen molar-refractivity contribution in [2.24, 2.45) is 0 Å². The largest absolute Gasteiger partial charge is 0.545 e. The van der Waals surface area contributed by atoms with Gasteiger partial charge in [0.25, 0.3) is 0 Å². The minimum atomic E-state index is -1.32. The Morgan fingerprint density at radius 2 is 2.05 bits per heavy atom. The van der Waals surface area contributed by atoms with Crippen molar-refractivity contribution in [3.05, 3.63) is 57.8 Å². The summed E-state index contributed by atoms with van der Waals surface area (Å²) in [6, 6.07) is 8.86. The van der Waals surface area contributed by atoms with Crippen molar-refractivity contribution in [1.29, 1.82) is 0 Å². The fourth-order valence-corrected chi connectivity index (χ4v) is 2.30. The van der Waals surface area contributed by atoms with E-state index in [0.717, 1.165) is 0 Å². The van der Waals surface area contributed by atoms with Gasteiger partial charge in [-0.25, -0.2) is 4.39 Å². The molecule has 0 N–H and O–H groups in total. The Hall–Kier alpha value is -2.08. The SMILES string of the molecule is COc1cc(C(=O)[O-])cc(Br)c1OCc1ccccc1F. The van der Waals surface area contributed by atoms with E-state index in [-0.39, 0.29) is 23.7 Å². The van der Waals surface area contributed by atoms with Crippen LogP contribution in [0.1, 0.15) is 15.9 Å². The maximum absolute atomic E-state index is 13.5. The molecule has 110 valence electrons. The fourth-order valence-electron chi connectivity index (χ4n) is 1.74. The standard InChI is InChI=1S/C15H12BrFO4/c1-20-13-7-10(15(18)19)6-11(16)14(13)21-8-9-4-2-3-5-12(9)17/h2-7H,8H2,1H3,(H,18,19)/p-1. The van der Waals surface area contributed by atoms with Gasteiger partial charge in [0, 0.05) is 11.1 Å². The smallest absolute Gasteiger partial charge is 0.175 e. The highest BCUT2D eigenvalue weighted by Crippen LogP contribution is 2.37. The molecule has 0 amide bonds. The van der Waals surface area contributed by atoms with Gasteiger partial charge in [-0.2, -0.15) is 0 Å². The number of hydrogen-bond donors (Lipinski definition) is 0. The second kappa shape index (κ2) is 6.58. The first kappa shape index (κ1) is 15.3. The molecule has 0 aliphatic rings. The van der Waals surface area contributed by atoms with Crippen LogP contribution in [-0.4, -0.2) is 13.1 Å². The summed E-state index contributed by atoms with van der Waals surface area (Å²) in [5.74, 6) is -1.18. The van der Waals surface area contributed by atoms with E-state index in [0.29, 0.717) is 15.8 Å². The molecular formula is C15H11BrFO4-. The van der Waals surface area contributed by atoms with E-state index in [1.165, 1.54) is 25.3 Å². The number of carbonyl (C=O) groups excluding carboxylic acids is 1. The maximum Gasteiger partial charge on any atom is 0.175 e. The number of benzene rings is 2. The van der Waals surface area contributed by atoms with Gasteiger partial charge in [0.15, 0.2) is 11.5 Å². The quantitative estimate of drug-likeness (QED) is 0.828. The molecule has 0 fully saturated rings. The van der Waals surface area contributed by atoms with Crippen LogP contribution in [0.4, 0.5) is 4.39 Å². The van der Waals surface area contributed by atoms with Crippen molar-refractivity contribution in [2.75, 3.05) is 7.11 Å². The number of rotatable bonds is 5. The summed E-state index contributed by atoms with van der Waals surface area (Å²) in [7, 11) is 1.39. The number of ether oxygens (including phenoxy) is 2. The van der Waals surface area contributed by atoms with Gasteiger partial charge in [-0.05, 0) is 34.1 Å². The van der Waals surface area contributed by atoms with Gasteiger partial charge in [0.1, 0.15) is 12.4 Å². The van der Waals surface area contributed by atoms with E-state index in [1.54, 1.807) is 18.2 Å². The molecule has 0 aliphatic carbocycles. The normalized spacial score (nSPS) is 10.2. The van der Waals surface area contributed by atoms with Crippen molar-refractivity contribution in [2.45, 2.75) is 6.61 Å². The minimum absolute atomic E-state index is 0.00764. The Balaban J connectivity index is 2.28. The molecule has 4 nitrogen and oxygen atoms in total. The van der Waals surface area contributed by atoms with Crippen LogP contribution in [0.2, 0.25) is 0 Å². The number of carboxylic acids is 1. The van der Waals surface area contributed by atoms with Crippen LogP contribution in [0.25, 0.3) is 0 Å². The predicted molar refractivity (Wildman–Crippen MR) is 75.8 cm³/mol. The van der Waals surface area contributed by atoms with E-state index in [9.17, 15) is 14.3 Å². The number of halogens is 2. The van der Waals surface area contributed by atoms with E-state index in [4.69, 9.17) is 9.47 Å². The maximum atomic E-state index is 13.5. The molecule has 6 heteroatoms. The summed E-state index contributed by atoms with van der Waals surface area (Å²) in [5, 5.41) is 10.9. The van der Waals surface area contributed by atoms with Gasteiger partial charge < -0.3 is 19.4 Å². The Kier molecular flexibility index (Phi) is 4.80. The monoisotopic (exact) mass is 353 g/mol. The molecule has 0 aromatic heterocycles. The lowest BCUT2D eigenvalue weighted by atomic mass is 10.2. The Bertz CT molecular complexity index is 673. The van der Waals surface area contributed by atoms with Gasteiger partial charge >= 0.3 is 0 Å². The zero-order valence-corrected chi connectivity index (χ0v) is 12.6. The second-order valence-electron chi connectivity index (χ2n) is 4.16. The fraction of sp³-hybridized carbons (Fsp3) is 0.133. The molecule has 0 atom stereocenters. The average molecular weight is 354 g/mol. The van der Waals surface area contributed by atoms with Crippen LogP contribution in [0.15, 0.2) is 40.9 Å². The highest BCUT2D eigenvalue weighted by molar-refractivity contribution is 9.10. The lowest BCUT2D eigenvalue weighted by Gasteiger charge is -2.15. The van der Waals surface area contributed by atoms with Gasteiger partial charge in [-0.3, -0.25) is 0 Å². The number of methoxy groups -OCH3 is 1. The van der Waals surface area contributed by atoms with Crippen LogP contribution >= 0.6 is 15.9 Å². The molecule has 0 saturated heterocycles. The third-order valence-electron chi connectivity index (χ3n) is 2.79. The summed E-state index contributed by atoms with van der Waals surface area (Å²) >= 11 is 3.21. The zero-order valence-electron chi connectivity index (χ0n) is 11.1. The minimum Gasteiger partial charge on any atom is -0.545 e. The van der Waals surface area contributed by atoms with E-state index >= 15 is 0 Å². The first-order chi connectivity index (χ1) is 10.0. The molecule has 0 radical (unpaired) electrons. The van der Waals surface area contributed by atoms with Crippen molar-refractivity contribution >= 4 is 21.9 Å². The molecule has 2 aromatic carbocycles. The molecule has 0 saturated carbocycles. The van der Waals surface area contributed by atoms with E-state index in [1.807, 2.05) is 0 Å². The summed E-state index contributed by atoms with van der Waals surface area (Å²) in [6.45, 7) is -0.00764. The summed E-state index contributed by atoms with van der Waals surface area (Å²) in [6.07, 6.45) is 0. The average Bonchev–Trinajstić information content (AvgIpc) is 2.46. The van der Waals surface area contributed by atoms with Crippen molar-refractivity contribution in [1.82, 2.24) is 0 Å². The number of aromatic carboxylic acids is 1. The van der Waals surface area contributed by atoms with E-state index in [2.05, 4.69) is 15.9 Å². The topological polar surface area (TPSA) is 58.6 Å². The Labute approximate surface area is 129 Å². The number of carboxylic acid groups (broad SMARTS) is 1. The van der Waals surface area contributed by atoms with Gasteiger partial charge in [-0.15, -0.1) is 0 Å². The zero-order chi connectivity index (χ0) is 15.4. The Morgan fingerprint density at radius 1 is 1.33 bits per heavy atom. The van der Waals surface area contributed by atoms with Crippen LogP contribution in [0.5, 0.6) is 11.5 Å². The number of carbonyl (C=O) groups is 1. The van der Waals surface area contributed by atoms with Crippen molar-refractivity contribution in [3.8, 4) is 11.5 Å². The molecular weight excluding hydrogens is 343 g/mol. The molecule has 2 aromatic rings. The second-order valence-corrected chi connectivity index (χ2v) is 5.01. The van der Waals surface area contributed by atoms with Crippen molar-refractivity contribution in [3.63, 3.8) is 0 Å². The molecule has 0 spiro atoms. The van der Waals surface area contributed by atoms with Gasteiger partial charge in [-0.1, -0.05) is 18.2 Å². The van der Waals surface area contributed by atoms with Crippen molar-refractivity contribution < 1.29 is 23.8 Å². The lowest BCUT2D eigenvalue weighted by molar-refractivity contribution is -0.255. The van der Waals surface area contributed by atoms with Crippen LogP contribution in [0, 0.1) is 5.82 Å². The van der Waals surface area contributed by atoms with Crippen LogP contribution < -0.4 is 14.6 Å². The first-order valence-corrected chi connectivity index (χ1v) is 6.77. The lowest BCUT2D eigenvalue weighted by Crippen LogP contribution is -2.22. The predicted octanol–water partition coefficient (Wildman–Crippen LogP) is 2.54. The number of hydrogen-bond acceptors (Lipinski definition) is 4. The third-order valence-corrected chi connectivity index (χ3v) is 3.38. The molecule has 0 aliphatic heterocycles. The van der Waals surface area contributed by atoms with Crippen LogP contribution in [-0.2, 0) is 6.61 Å². The highest BCUT2D eigenvalue weighted by Gasteiger charge is 2.13. The first-order valence-electron chi connectivity index (χ1n) is 5.98. The highest BCUT2D eigenvalue weighted by atomic mass is 79.9. The summed E-state index contributed by atoms with van der Waals surface area (Å²) < 4.78 is 24.6. The van der Waals surface area contributed by atoms with Crippen LogP contribution in [0.3, 0.4) is 0 Å². The molecule has 2 rings (SSSR count). The summed E-state index contributed by atoms with van der Waals surface area (Å²) in [5.41, 5.74) is 0.340. The Morgan fingerprint density at radius 3 is 2.67 bits per heavy atom. The summed E-state index contributed by atoms with van der Waals surface area (Å²) in [4.78, 5) is 10.9. The van der Waals surface area contributed by atoms with Gasteiger partial charge in [0.05, 0.1) is 17.6 Å². The third kappa shape index (κ3) is 3.52. The molecule has 0 unspecified atom stereocenters. The molecule has 0 heterocycles. The van der Waals surface area contributed by atoms with E-state index < -0.39 is 5.97 Å². The van der Waals surface area contributed by atoms with Gasteiger partial charge in [0.2, 0.25) is 0 Å².